The van der Waals surface area contributed by atoms with Crippen molar-refractivity contribution in [3.8, 4) is 11.5 Å². The van der Waals surface area contributed by atoms with Crippen LogP contribution in [-0.4, -0.2) is 50.4 Å². The Kier molecular flexibility index (Phi) is 7.41. The summed E-state index contributed by atoms with van der Waals surface area (Å²) in [4.78, 5) is 13.2. The Bertz CT molecular complexity index is 903. The molecular weight excluding hydrogens is 433 g/mol. The van der Waals surface area contributed by atoms with Crippen LogP contribution in [0.1, 0.15) is 29.3 Å². The SMILES string of the molecule is C\C=C(Cl)/C(CC(=O)c1ccc(C)c2c1OCC1(COCOC1)CO2)=C(Cl)\C=N\O. The third-order valence-electron chi connectivity index (χ3n) is 4.98. The van der Waals surface area contributed by atoms with E-state index in [2.05, 4.69) is 5.16 Å². The van der Waals surface area contributed by atoms with Gasteiger partial charge >= 0.3 is 0 Å². The molecule has 0 radical (unpaired) electrons. The number of halogens is 2. The molecule has 1 N–H and O–H groups in total. The molecule has 1 saturated heterocycles. The van der Waals surface area contributed by atoms with Crippen molar-refractivity contribution in [3.05, 3.63) is 45.0 Å². The van der Waals surface area contributed by atoms with E-state index < -0.39 is 5.41 Å². The molecule has 2 aliphatic rings. The van der Waals surface area contributed by atoms with Crippen molar-refractivity contribution in [3.63, 3.8) is 0 Å². The molecule has 0 aromatic heterocycles. The van der Waals surface area contributed by atoms with Crippen LogP contribution in [0.5, 0.6) is 11.5 Å². The van der Waals surface area contributed by atoms with Gasteiger partial charge in [-0.2, -0.15) is 0 Å². The molecule has 1 aromatic rings. The zero-order valence-corrected chi connectivity index (χ0v) is 18.3. The van der Waals surface area contributed by atoms with E-state index in [-0.39, 0.29) is 24.0 Å². The Morgan fingerprint density at radius 3 is 2.47 bits per heavy atom. The standard InChI is InChI=1S/C21H23Cl2NO6/c1-3-16(22)15(17(23)7-24-26)6-18(25)14-5-4-13(2)19-20(14)30-11-21(10-29-19)8-27-12-28-9-21/h3-5,7,26H,6,8-12H2,1-2H3/b16-3+,17-15+,24-7+. The fraction of sp³-hybridized carbons (Fsp3) is 0.429. The molecule has 9 heteroatoms. The molecule has 2 heterocycles. The van der Waals surface area contributed by atoms with Crippen molar-refractivity contribution in [1.29, 1.82) is 0 Å². The summed E-state index contributed by atoms with van der Waals surface area (Å²) >= 11 is 12.4. The quantitative estimate of drug-likeness (QED) is 0.232. The first-order valence-corrected chi connectivity index (χ1v) is 10.1. The maximum Gasteiger partial charge on any atom is 0.172 e. The van der Waals surface area contributed by atoms with Gasteiger partial charge in [-0.05, 0) is 31.1 Å². The van der Waals surface area contributed by atoms with Gasteiger partial charge in [0, 0.05) is 11.5 Å². The lowest BCUT2D eigenvalue weighted by Crippen LogP contribution is -2.45. The third kappa shape index (κ3) is 4.81. The number of carbonyl (C=O) groups is 1. The van der Waals surface area contributed by atoms with Crippen molar-refractivity contribution in [2.45, 2.75) is 20.3 Å². The Morgan fingerprint density at radius 2 is 1.83 bits per heavy atom. The number of hydrogen-bond acceptors (Lipinski definition) is 7. The zero-order chi connectivity index (χ0) is 21.7. The van der Waals surface area contributed by atoms with Crippen LogP contribution in [0, 0.1) is 12.3 Å². The molecule has 0 saturated carbocycles. The van der Waals surface area contributed by atoms with Crippen molar-refractivity contribution in [1.82, 2.24) is 0 Å². The lowest BCUT2D eigenvalue weighted by molar-refractivity contribution is -0.179. The number of allylic oxidation sites excluding steroid dienone is 4. The minimum absolute atomic E-state index is 0.0692. The number of hydrogen-bond donors (Lipinski definition) is 1. The highest BCUT2D eigenvalue weighted by atomic mass is 35.5. The lowest BCUT2D eigenvalue weighted by Gasteiger charge is -2.33. The third-order valence-corrected chi connectivity index (χ3v) is 5.75. The molecule has 0 aliphatic carbocycles. The number of fused-ring (bicyclic) bond motifs is 1. The maximum absolute atomic E-state index is 13.2. The summed E-state index contributed by atoms with van der Waals surface area (Å²) in [5, 5.41) is 12.1. The van der Waals surface area contributed by atoms with Crippen LogP contribution in [0.25, 0.3) is 0 Å². The van der Waals surface area contributed by atoms with E-state index in [9.17, 15) is 4.79 Å². The summed E-state index contributed by atoms with van der Waals surface area (Å²) in [5.74, 6) is 0.640. The van der Waals surface area contributed by atoms with E-state index in [1.807, 2.05) is 6.92 Å². The van der Waals surface area contributed by atoms with E-state index in [0.29, 0.717) is 54.1 Å². The van der Waals surface area contributed by atoms with Gasteiger partial charge in [0.15, 0.2) is 17.3 Å². The normalized spacial score (nSPS) is 19.5. The fourth-order valence-corrected chi connectivity index (χ4v) is 3.75. The summed E-state index contributed by atoms with van der Waals surface area (Å²) in [7, 11) is 0. The molecule has 2 aliphatic heterocycles. The number of carbonyl (C=O) groups excluding carboxylic acids is 1. The minimum Gasteiger partial charge on any atom is -0.488 e. The number of Topliss-reactive ketones (excluding diaryl/α,β-unsaturated/α-hetero) is 1. The molecule has 1 aromatic carbocycles. The molecule has 0 atom stereocenters. The Hall–Kier alpha value is -2.06. The minimum atomic E-state index is -0.440. The van der Waals surface area contributed by atoms with Gasteiger partial charge in [0.05, 0.1) is 35.4 Å². The number of benzene rings is 1. The van der Waals surface area contributed by atoms with Gasteiger partial charge in [-0.15, -0.1) is 0 Å². The number of oxime groups is 1. The molecule has 0 amide bonds. The molecule has 3 rings (SSSR count). The van der Waals surface area contributed by atoms with Gasteiger partial charge in [0.2, 0.25) is 0 Å². The van der Waals surface area contributed by atoms with E-state index in [1.54, 1.807) is 25.1 Å². The Morgan fingerprint density at radius 1 is 1.17 bits per heavy atom. The molecular formula is C21H23Cl2NO6. The molecule has 0 unspecified atom stereocenters. The average molecular weight is 456 g/mol. The molecule has 1 spiro atoms. The second kappa shape index (κ2) is 9.83. The van der Waals surface area contributed by atoms with Crippen molar-refractivity contribution in [2.75, 3.05) is 33.2 Å². The lowest BCUT2D eigenvalue weighted by atomic mass is 9.92. The number of ketones is 1. The van der Waals surface area contributed by atoms with Crippen LogP contribution in [0.3, 0.4) is 0 Å². The summed E-state index contributed by atoms with van der Waals surface area (Å²) in [6.45, 7) is 5.39. The highest BCUT2D eigenvalue weighted by molar-refractivity contribution is 6.42. The number of ether oxygens (including phenoxy) is 4. The van der Waals surface area contributed by atoms with Gasteiger partial charge in [-0.25, -0.2) is 0 Å². The molecule has 30 heavy (non-hydrogen) atoms. The fourth-order valence-electron chi connectivity index (χ4n) is 3.32. The number of rotatable bonds is 5. The second-order valence-corrected chi connectivity index (χ2v) is 8.10. The van der Waals surface area contributed by atoms with Crippen molar-refractivity contribution >= 4 is 35.2 Å². The van der Waals surface area contributed by atoms with Crippen LogP contribution in [0.15, 0.2) is 39.0 Å². The number of nitrogens with zero attached hydrogens (tertiary/aromatic N) is 1. The molecule has 7 nitrogen and oxygen atoms in total. The summed E-state index contributed by atoms with van der Waals surface area (Å²) < 4.78 is 23.0. The largest absolute Gasteiger partial charge is 0.488 e. The highest BCUT2D eigenvalue weighted by Crippen LogP contribution is 2.41. The molecule has 162 valence electrons. The van der Waals surface area contributed by atoms with E-state index in [4.69, 9.17) is 47.4 Å². The molecule has 1 fully saturated rings. The molecule has 0 bridgehead atoms. The predicted octanol–water partition coefficient (Wildman–Crippen LogP) is 4.43. The second-order valence-electron chi connectivity index (χ2n) is 7.29. The smallest absolute Gasteiger partial charge is 0.172 e. The monoisotopic (exact) mass is 455 g/mol. The van der Waals surface area contributed by atoms with Crippen LogP contribution in [0.2, 0.25) is 0 Å². The van der Waals surface area contributed by atoms with E-state index in [1.165, 1.54) is 0 Å². The first-order valence-electron chi connectivity index (χ1n) is 9.37. The Balaban J connectivity index is 1.93. The van der Waals surface area contributed by atoms with Gasteiger partial charge in [-0.3, -0.25) is 4.79 Å². The summed E-state index contributed by atoms with van der Waals surface area (Å²) in [6, 6.07) is 3.50. The van der Waals surface area contributed by atoms with Crippen LogP contribution >= 0.6 is 23.2 Å². The van der Waals surface area contributed by atoms with Crippen LogP contribution in [-0.2, 0) is 9.47 Å². The van der Waals surface area contributed by atoms with Gasteiger partial charge < -0.3 is 24.2 Å². The first-order chi connectivity index (χ1) is 14.4. The van der Waals surface area contributed by atoms with Crippen LogP contribution in [0.4, 0.5) is 0 Å². The van der Waals surface area contributed by atoms with Crippen molar-refractivity contribution in [2.24, 2.45) is 10.6 Å². The Labute approximate surface area is 184 Å². The number of aryl methyl sites for hydroxylation is 1. The summed E-state index contributed by atoms with van der Waals surface area (Å²) in [6.07, 6.45) is 2.53. The predicted molar refractivity (Wildman–Crippen MR) is 113 cm³/mol. The van der Waals surface area contributed by atoms with Gasteiger partial charge in [0.25, 0.3) is 0 Å². The van der Waals surface area contributed by atoms with E-state index in [0.717, 1.165) is 11.8 Å². The van der Waals surface area contributed by atoms with E-state index >= 15 is 0 Å². The highest BCUT2D eigenvalue weighted by Gasteiger charge is 2.39. The first kappa shape index (κ1) is 22.6. The average Bonchev–Trinajstić information content (AvgIpc) is 2.93. The van der Waals surface area contributed by atoms with Crippen LogP contribution < -0.4 is 9.47 Å². The van der Waals surface area contributed by atoms with Gasteiger partial charge in [0.1, 0.15) is 20.0 Å². The van der Waals surface area contributed by atoms with Crippen molar-refractivity contribution < 1.29 is 28.9 Å². The maximum atomic E-state index is 13.2. The summed E-state index contributed by atoms with van der Waals surface area (Å²) in [5.41, 5.74) is 1.11. The van der Waals surface area contributed by atoms with Gasteiger partial charge in [-0.1, -0.05) is 40.5 Å². The zero-order valence-electron chi connectivity index (χ0n) is 16.7. The topological polar surface area (TPSA) is 86.6 Å².